The SMILES string of the molecule is CNC(=O)c1cc(Sc2ccc(NC(N)=O)cc2)ccn1. The molecule has 1 heterocycles. The Labute approximate surface area is 126 Å². The molecule has 0 atom stereocenters. The molecule has 0 aliphatic heterocycles. The first-order valence-corrected chi connectivity index (χ1v) is 6.92. The second-order valence-electron chi connectivity index (χ2n) is 4.07. The molecule has 108 valence electrons. The zero-order chi connectivity index (χ0) is 15.2. The highest BCUT2D eigenvalue weighted by Crippen LogP contribution is 2.28. The van der Waals surface area contributed by atoms with Crippen molar-refractivity contribution in [2.45, 2.75) is 9.79 Å². The number of carbonyl (C=O) groups excluding carboxylic acids is 2. The number of rotatable bonds is 4. The summed E-state index contributed by atoms with van der Waals surface area (Å²) >= 11 is 1.49. The second kappa shape index (κ2) is 6.76. The van der Waals surface area contributed by atoms with Crippen LogP contribution in [-0.2, 0) is 0 Å². The van der Waals surface area contributed by atoms with Gasteiger partial charge < -0.3 is 16.4 Å². The lowest BCUT2D eigenvalue weighted by Gasteiger charge is -2.05. The number of benzene rings is 1. The molecule has 0 bridgehead atoms. The number of hydrogen-bond donors (Lipinski definition) is 3. The van der Waals surface area contributed by atoms with E-state index in [0.29, 0.717) is 11.4 Å². The van der Waals surface area contributed by atoms with Crippen molar-refractivity contribution in [3.63, 3.8) is 0 Å². The number of nitrogens with one attached hydrogen (secondary N) is 2. The number of pyridine rings is 1. The molecule has 0 unspecified atom stereocenters. The third-order valence-electron chi connectivity index (χ3n) is 2.55. The van der Waals surface area contributed by atoms with Crippen molar-refractivity contribution >= 4 is 29.4 Å². The van der Waals surface area contributed by atoms with Crippen LogP contribution in [0.4, 0.5) is 10.5 Å². The zero-order valence-electron chi connectivity index (χ0n) is 11.3. The number of carbonyl (C=O) groups is 2. The van der Waals surface area contributed by atoms with Crippen molar-refractivity contribution < 1.29 is 9.59 Å². The summed E-state index contributed by atoms with van der Waals surface area (Å²) < 4.78 is 0. The summed E-state index contributed by atoms with van der Waals surface area (Å²) in [6.07, 6.45) is 1.59. The van der Waals surface area contributed by atoms with E-state index in [4.69, 9.17) is 5.73 Å². The molecule has 0 saturated heterocycles. The number of nitrogens with two attached hydrogens (primary N) is 1. The average Bonchev–Trinajstić information content (AvgIpc) is 2.48. The summed E-state index contributed by atoms with van der Waals surface area (Å²) in [6.45, 7) is 0. The van der Waals surface area contributed by atoms with Crippen LogP contribution in [0, 0.1) is 0 Å². The fraction of sp³-hybridized carbons (Fsp3) is 0.0714. The lowest BCUT2D eigenvalue weighted by atomic mass is 10.3. The summed E-state index contributed by atoms with van der Waals surface area (Å²) in [4.78, 5) is 28.2. The van der Waals surface area contributed by atoms with Gasteiger partial charge in [-0.2, -0.15) is 0 Å². The van der Waals surface area contributed by atoms with Gasteiger partial charge in [0.05, 0.1) is 0 Å². The van der Waals surface area contributed by atoms with Crippen molar-refractivity contribution in [3.05, 3.63) is 48.3 Å². The van der Waals surface area contributed by atoms with Crippen molar-refractivity contribution in [1.82, 2.24) is 10.3 Å². The molecule has 2 rings (SSSR count). The molecular formula is C14H14N4O2S. The first kappa shape index (κ1) is 14.9. The summed E-state index contributed by atoms with van der Waals surface area (Å²) in [6, 6.07) is 10.2. The number of aromatic nitrogens is 1. The zero-order valence-corrected chi connectivity index (χ0v) is 12.1. The van der Waals surface area contributed by atoms with Crippen LogP contribution in [0.15, 0.2) is 52.4 Å². The maximum atomic E-state index is 11.5. The van der Waals surface area contributed by atoms with Gasteiger partial charge in [-0.25, -0.2) is 4.79 Å². The first-order valence-electron chi connectivity index (χ1n) is 6.11. The van der Waals surface area contributed by atoms with Crippen molar-refractivity contribution in [2.75, 3.05) is 12.4 Å². The molecule has 3 amide bonds. The van der Waals surface area contributed by atoms with Crippen LogP contribution in [0.5, 0.6) is 0 Å². The number of amides is 3. The molecule has 21 heavy (non-hydrogen) atoms. The lowest BCUT2D eigenvalue weighted by Crippen LogP contribution is -2.19. The molecule has 6 nitrogen and oxygen atoms in total. The molecule has 7 heteroatoms. The predicted octanol–water partition coefficient (Wildman–Crippen LogP) is 2.08. The molecule has 4 N–H and O–H groups in total. The smallest absolute Gasteiger partial charge is 0.316 e. The minimum Gasteiger partial charge on any atom is -0.354 e. The topological polar surface area (TPSA) is 97.1 Å². The monoisotopic (exact) mass is 302 g/mol. The van der Waals surface area contributed by atoms with Gasteiger partial charge in [0.2, 0.25) is 0 Å². The molecule has 1 aromatic heterocycles. The fourth-order valence-electron chi connectivity index (χ4n) is 1.61. The molecule has 2 aromatic rings. The van der Waals surface area contributed by atoms with Crippen LogP contribution in [0.2, 0.25) is 0 Å². The van der Waals surface area contributed by atoms with Crippen LogP contribution in [-0.4, -0.2) is 24.0 Å². The van der Waals surface area contributed by atoms with E-state index in [1.165, 1.54) is 11.8 Å². The van der Waals surface area contributed by atoms with Gasteiger partial charge in [-0.1, -0.05) is 11.8 Å². The van der Waals surface area contributed by atoms with Gasteiger partial charge in [-0.3, -0.25) is 9.78 Å². The standard InChI is InChI=1S/C14H14N4O2S/c1-16-13(19)12-8-11(6-7-17-12)21-10-4-2-9(3-5-10)18-14(15)20/h2-8H,1H3,(H,16,19)(H3,15,18,20). The highest BCUT2D eigenvalue weighted by atomic mass is 32.2. The average molecular weight is 302 g/mol. The Kier molecular flexibility index (Phi) is 4.78. The van der Waals surface area contributed by atoms with E-state index in [1.54, 1.807) is 31.4 Å². The Hall–Kier alpha value is -2.54. The van der Waals surface area contributed by atoms with Crippen molar-refractivity contribution in [3.8, 4) is 0 Å². The molecule has 0 spiro atoms. The second-order valence-corrected chi connectivity index (χ2v) is 5.22. The molecular weight excluding hydrogens is 288 g/mol. The molecule has 0 fully saturated rings. The van der Waals surface area contributed by atoms with E-state index >= 15 is 0 Å². The summed E-state index contributed by atoms with van der Waals surface area (Å²) in [5.74, 6) is -0.224. The van der Waals surface area contributed by atoms with Gasteiger partial charge >= 0.3 is 6.03 Å². The molecule has 0 aliphatic carbocycles. The van der Waals surface area contributed by atoms with Crippen molar-refractivity contribution in [1.29, 1.82) is 0 Å². The molecule has 0 saturated carbocycles. The number of urea groups is 1. The quantitative estimate of drug-likeness (QED) is 0.805. The summed E-state index contributed by atoms with van der Waals surface area (Å²) in [5.41, 5.74) is 6.05. The Morgan fingerprint density at radius 1 is 1.14 bits per heavy atom. The lowest BCUT2D eigenvalue weighted by molar-refractivity contribution is 0.0958. The van der Waals surface area contributed by atoms with Crippen molar-refractivity contribution in [2.24, 2.45) is 5.73 Å². The van der Waals surface area contributed by atoms with Crippen LogP contribution in [0.3, 0.4) is 0 Å². The van der Waals surface area contributed by atoms with Crippen LogP contribution in [0.1, 0.15) is 10.5 Å². The minimum atomic E-state index is -0.597. The van der Waals surface area contributed by atoms with Gasteiger partial charge in [0.1, 0.15) is 5.69 Å². The van der Waals surface area contributed by atoms with E-state index < -0.39 is 6.03 Å². The minimum absolute atomic E-state index is 0.224. The van der Waals surface area contributed by atoms with Gasteiger partial charge in [-0.15, -0.1) is 0 Å². The fourth-order valence-corrected chi connectivity index (χ4v) is 2.46. The van der Waals surface area contributed by atoms with E-state index in [-0.39, 0.29) is 5.91 Å². The summed E-state index contributed by atoms with van der Waals surface area (Å²) in [5, 5.41) is 5.03. The van der Waals surface area contributed by atoms with E-state index in [9.17, 15) is 9.59 Å². The molecule has 1 aromatic carbocycles. The number of primary amides is 1. The Morgan fingerprint density at radius 3 is 2.48 bits per heavy atom. The van der Waals surface area contributed by atoms with Gasteiger partial charge in [0.25, 0.3) is 5.91 Å². The van der Waals surface area contributed by atoms with Crippen LogP contribution in [0.25, 0.3) is 0 Å². The van der Waals surface area contributed by atoms with E-state index in [0.717, 1.165) is 9.79 Å². The maximum Gasteiger partial charge on any atom is 0.316 e. The predicted molar refractivity (Wildman–Crippen MR) is 81.4 cm³/mol. The Balaban J connectivity index is 2.11. The largest absolute Gasteiger partial charge is 0.354 e. The Bertz CT molecular complexity index is 658. The number of anilines is 1. The van der Waals surface area contributed by atoms with Gasteiger partial charge in [-0.05, 0) is 36.4 Å². The molecule has 0 radical (unpaired) electrons. The highest BCUT2D eigenvalue weighted by molar-refractivity contribution is 7.99. The van der Waals surface area contributed by atoms with E-state index in [2.05, 4.69) is 15.6 Å². The maximum absolute atomic E-state index is 11.5. The van der Waals surface area contributed by atoms with Gasteiger partial charge in [0.15, 0.2) is 0 Å². The van der Waals surface area contributed by atoms with Crippen LogP contribution < -0.4 is 16.4 Å². The first-order chi connectivity index (χ1) is 10.1. The summed E-state index contributed by atoms with van der Waals surface area (Å²) in [7, 11) is 1.56. The normalized spacial score (nSPS) is 9.95. The third-order valence-corrected chi connectivity index (χ3v) is 3.55. The highest BCUT2D eigenvalue weighted by Gasteiger charge is 2.06. The van der Waals surface area contributed by atoms with Gasteiger partial charge in [0, 0.05) is 28.7 Å². The van der Waals surface area contributed by atoms with Crippen LogP contribution >= 0.6 is 11.8 Å². The third kappa shape index (κ3) is 4.22. The molecule has 0 aliphatic rings. The Morgan fingerprint density at radius 2 is 1.86 bits per heavy atom. The number of nitrogens with zero attached hydrogens (tertiary/aromatic N) is 1. The number of hydrogen-bond acceptors (Lipinski definition) is 4. The van der Waals surface area contributed by atoms with E-state index in [1.807, 2.05) is 18.2 Å².